The molecule has 1 aromatic heterocycles. The molecular formula is C16H22ClN3O. The van der Waals surface area contributed by atoms with Crippen LogP contribution in [-0.4, -0.2) is 45.9 Å². The van der Waals surface area contributed by atoms with Crippen LogP contribution < -0.4 is 0 Å². The van der Waals surface area contributed by atoms with Gasteiger partial charge in [-0.2, -0.15) is 5.10 Å². The molecule has 1 fully saturated rings. The van der Waals surface area contributed by atoms with Gasteiger partial charge in [0, 0.05) is 36.9 Å². The van der Waals surface area contributed by atoms with Crippen LogP contribution in [0.15, 0.2) is 24.3 Å². The molecule has 2 heterocycles. The third-order valence-electron chi connectivity index (χ3n) is 4.19. The van der Waals surface area contributed by atoms with E-state index < -0.39 is 0 Å². The summed E-state index contributed by atoms with van der Waals surface area (Å²) in [6.07, 6.45) is 0.127. The fourth-order valence-electron chi connectivity index (χ4n) is 2.94. The number of aromatic nitrogens is 2. The molecule has 114 valence electrons. The normalized spacial score (nSPS) is 23.8. The van der Waals surface area contributed by atoms with Crippen molar-refractivity contribution in [1.82, 2.24) is 14.7 Å². The molecule has 0 saturated carbocycles. The van der Waals surface area contributed by atoms with Gasteiger partial charge < -0.3 is 4.74 Å². The van der Waals surface area contributed by atoms with Gasteiger partial charge in [-0.1, -0.05) is 18.2 Å². The van der Waals surface area contributed by atoms with E-state index in [4.69, 9.17) is 21.4 Å². The summed E-state index contributed by atoms with van der Waals surface area (Å²) in [6, 6.07) is 8.85. The Balaban J connectivity index is 1.87. The maximum Gasteiger partial charge on any atom is 0.0843 e. The van der Waals surface area contributed by atoms with Crippen LogP contribution in [0.4, 0.5) is 0 Å². The Morgan fingerprint density at radius 3 is 2.95 bits per heavy atom. The first-order valence-electron chi connectivity index (χ1n) is 7.59. The standard InChI is InChI=1S/C16H22ClN3O/c1-3-20-16-7-5-4-6-14(16)15(18-20)10-19-9-13(8-17)21-11-12(19)2/h4-7,12-13H,3,8-11H2,1-2H3. The van der Waals surface area contributed by atoms with E-state index in [1.165, 1.54) is 10.9 Å². The van der Waals surface area contributed by atoms with Gasteiger partial charge in [0.05, 0.1) is 23.9 Å². The van der Waals surface area contributed by atoms with Crippen molar-refractivity contribution in [3.05, 3.63) is 30.0 Å². The van der Waals surface area contributed by atoms with E-state index in [1.807, 2.05) is 0 Å². The first-order chi connectivity index (χ1) is 10.2. The second-order valence-electron chi connectivity index (χ2n) is 5.67. The minimum absolute atomic E-state index is 0.127. The smallest absolute Gasteiger partial charge is 0.0843 e. The van der Waals surface area contributed by atoms with Crippen LogP contribution in [0.25, 0.3) is 10.9 Å². The van der Waals surface area contributed by atoms with Gasteiger partial charge in [-0.3, -0.25) is 9.58 Å². The van der Waals surface area contributed by atoms with Gasteiger partial charge in [0.25, 0.3) is 0 Å². The van der Waals surface area contributed by atoms with Crippen molar-refractivity contribution < 1.29 is 4.74 Å². The van der Waals surface area contributed by atoms with E-state index in [2.05, 4.69) is 47.7 Å². The molecule has 1 saturated heterocycles. The molecular weight excluding hydrogens is 286 g/mol. The van der Waals surface area contributed by atoms with Crippen molar-refractivity contribution in [3.63, 3.8) is 0 Å². The van der Waals surface area contributed by atoms with Crippen LogP contribution in [-0.2, 0) is 17.8 Å². The Morgan fingerprint density at radius 1 is 1.38 bits per heavy atom. The zero-order chi connectivity index (χ0) is 14.8. The number of hydrogen-bond donors (Lipinski definition) is 0. The second kappa shape index (κ2) is 6.34. The van der Waals surface area contributed by atoms with Crippen molar-refractivity contribution in [1.29, 1.82) is 0 Å². The van der Waals surface area contributed by atoms with Crippen molar-refractivity contribution in [2.75, 3.05) is 19.0 Å². The van der Waals surface area contributed by atoms with E-state index in [0.717, 1.165) is 31.9 Å². The summed E-state index contributed by atoms with van der Waals surface area (Å²) in [7, 11) is 0. The van der Waals surface area contributed by atoms with Gasteiger partial charge in [0.2, 0.25) is 0 Å². The molecule has 1 aromatic carbocycles. The summed E-state index contributed by atoms with van der Waals surface area (Å²) in [5.74, 6) is 0.549. The monoisotopic (exact) mass is 307 g/mol. The number of nitrogens with zero attached hydrogens (tertiary/aromatic N) is 3. The highest BCUT2D eigenvalue weighted by atomic mass is 35.5. The molecule has 3 rings (SSSR count). The summed E-state index contributed by atoms with van der Waals surface area (Å²) >= 11 is 5.95. The van der Waals surface area contributed by atoms with Crippen molar-refractivity contribution in [3.8, 4) is 0 Å². The van der Waals surface area contributed by atoms with Gasteiger partial charge in [-0.25, -0.2) is 0 Å². The molecule has 0 bridgehead atoms. The van der Waals surface area contributed by atoms with Gasteiger partial charge in [-0.15, -0.1) is 11.6 Å². The molecule has 4 nitrogen and oxygen atoms in total. The zero-order valence-electron chi connectivity index (χ0n) is 12.6. The molecule has 21 heavy (non-hydrogen) atoms. The highest BCUT2D eigenvalue weighted by Gasteiger charge is 2.26. The van der Waals surface area contributed by atoms with Crippen molar-refractivity contribution in [2.45, 2.75) is 39.1 Å². The molecule has 0 amide bonds. The molecule has 1 aliphatic heterocycles. The van der Waals surface area contributed by atoms with Gasteiger partial charge in [-0.05, 0) is 19.9 Å². The van der Waals surface area contributed by atoms with Crippen LogP contribution in [0.5, 0.6) is 0 Å². The minimum atomic E-state index is 0.127. The quantitative estimate of drug-likeness (QED) is 0.814. The van der Waals surface area contributed by atoms with Gasteiger partial charge in [0.1, 0.15) is 0 Å². The summed E-state index contributed by atoms with van der Waals surface area (Å²) in [5.41, 5.74) is 2.36. The molecule has 0 spiro atoms. The summed E-state index contributed by atoms with van der Waals surface area (Å²) < 4.78 is 7.80. The molecule has 0 radical (unpaired) electrons. The number of benzene rings is 1. The topological polar surface area (TPSA) is 30.3 Å². The van der Waals surface area contributed by atoms with E-state index >= 15 is 0 Å². The van der Waals surface area contributed by atoms with E-state index in [-0.39, 0.29) is 6.10 Å². The predicted molar refractivity (Wildman–Crippen MR) is 85.7 cm³/mol. The molecule has 5 heteroatoms. The Labute approximate surface area is 130 Å². The lowest BCUT2D eigenvalue weighted by atomic mass is 10.1. The number of morpholine rings is 1. The number of rotatable bonds is 4. The van der Waals surface area contributed by atoms with Crippen LogP contribution in [0, 0.1) is 0 Å². The number of hydrogen-bond acceptors (Lipinski definition) is 3. The Bertz CT molecular complexity index is 613. The van der Waals surface area contributed by atoms with Crippen LogP contribution in [0.3, 0.4) is 0 Å². The average Bonchev–Trinajstić information content (AvgIpc) is 2.88. The Kier molecular flexibility index (Phi) is 4.48. The van der Waals surface area contributed by atoms with Gasteiger partial charge >= 0.3 is 0 Å². The maximum atomic E-state index is 5.95. The number of alkyl halides is 1. The largest absolute Gasteiger partial charge is 0.374 e. The fourth-order valence-corrected chi connectivity index (χ4v) is 3.12. The van der Waals surface area contributed by atoms with E-state index in [1.54, 1.807) is 0 Å². The summed E-state index contributed by atoms with van der Waals surface area (Å²) in [5, 5.41) is 6.04. The lowest BCUT2D eigenvalue weighted by Crippen LogP contribution is -2.48. The first-order valence-corrected chi connectivity index (χ1v) is 8.12. The number of fused-ring (bicyclic) bond motifs is 1. The number of halogens is 1. The molecule has 2 aromatic rings. The Hall–Kier alpha value is -1.10. The molecule has 0 aliphatic carbocycles. The third-order valence-corrected chi connectivity index (χ3v) is 4.54. The Morgan fingerprint density at radius 2 is 2.19 bits per heavy atom. The third kappa shape index (κ3) is 2.93. The summed E-state index contributed by atoms with van der Waals surface area (Å²) in [4.78, 5) is 2.42. The van der Waals surface area contributed by atoms with Crippen molar-refractivity contribution >= 4 is 22.5 Å². The van der Waals surface area contributed by atoms with Crippen LogP contribution >= 0.6 is 11.6 Å². The minimum Gasteiger partial charge on any atom is -0.374 e. The summed E-state index contributed by atoms with van der Waals surface area (Å²) in [6.45, 7) is 7.68. The SMILES string of the molecule is CCn1nc(CN2CC(CCl)OCC2C)c2ccccc21. The highest BCUT2D eigenvalue weighted by Crippen LogP contribution is 2.22. The van der Waals surface area contributed by atoms with Crippen LogP contribution in [0.2, 0.25) is 0 Å². The predicted octanol–water partition coefficient (Wildman–Crippen LogP) is 2.88. The molecule has 0 N–H and O–H groups in total. The second-order valence-corrected chi connectivity index (χ2v) is 5.98. The van der Waals surface area contributed by atoms with Crippen molar-refractivity contribution in [2.24, 2.45) is 0 Å². The fraction of sp³-hybridized carbons (Fsp3) is 0.562. The van der Waals surface area contributed by atoms with Gasteiger partial charge in [0.15, 0.2) is 0 Å². The lowest BCUT2D eigenvalue weighted by molar-refractivity contribution is -0.0513. The van der Waals surface area contributed by atoms with E-state index in [9.17, 15) is 0 Å². The average molecular weight is 308 g/mol. The zero-order valence-corrected chi connectivity index (χ0v) is 13.4. The number of para-hydroxylation sites is 1. The highest BCUT2D eigenvalue weighted by molar-refractivity contribution is 6.18. The maximum absolute atomic E-state index is 5.95. The molecule has 2 unspecified atom stereocenters. The molecule has 2 atom stereocenters. The molecule has 1 aliphatic rings. The first kappa shape index (κ1) is 14.8. The number of ether oxygens (including phenoxy) is 1. The van der Waals surface area contributed by atoms with E-state index in [0.29, 0.717) is 11.9 Å². The lowest BCUT2D eigenvalue weighted by Gasteiger charge is -2.37. The van der Waals surface area contributed by atoms with Crippen LogP contribution in [0.1, 0.15) is 19.5 Å². The number of aryl methyl sites for hydroxylation is 1.